The molecule has 0 unspecified atom stereocenters. The molecule has 0 bridgehead atoms. The lowest BCUT2D eigenvalue weighted by Gasteiger charge is -2.11. The lowest BCUT2D eigenvalue weighted by molar-refractivity contribution is 0.0689. The lowest BCUT2D eigenvalue weighted by atomic mass is 10.3. The SMILES string of the molecule is CCCCNC(=NC)NCCCCOCCOC. The Hall–Kier alpha value is -0.810. The van der Waals surface area contributed by atoms with Gasteiger partial charge in [-0.1, -0.05) is 13.3 Å². The van der Waals surface area contributed by atoms with E-state index in [2.05, 4.69) is 22.5 Å². The summed E-state index contributed by atoms with van der Waals surface area (Å²) in [5.41, 5.74) is 0. The van der Waals surface area contributed by atoms with E-state index in [9.17, 15) is 0 Å². The van der Waals surface area contributed by atoms with Gasteiger partial charge in [-0.2, -0.15) is 0 Å². The van der Waals surface area contributed by atoms with Gasteiger partial charge in [0.2, 0.25) is 0 Å². The van der Waals surface area contributed by atoms with Crippen molar-refractivity contribution in [2.24, 2.45) is 4.99 Å². The Labute approximate surface area is 111 Å². The first kappa shape index (κ1) is 17.2. The summed E-state index contributed by atoms with van der Waals surface area (Å²) in [7, 11) is 3.49. The van der Waals surface area contributed by atoms with Crippen LogP contribution in [0.15, 0.2) is 4.99 Å². The molecule has 5 heteroatoms. The Kier molecular flexibility index (Phi) is 13.6. The Morgan fingerprint density at radius 2 is 1.72 bits per heavy atom. The van der Waals surface area contributed by atoms with Crippen LogP contribution in [0.4, 0.5) is 0 Å². The zero-order valence-electron chi connectivity index (χ0n) is 12.1. The molecule has 108 valence electrons. The number of nitrogens with one attached hydrogen (secondary N) is 2. The van der Waals surface area contributed by atoms with E-state index in [1.54, 1.807) is 14.2 Å². The van der Waals surface area contributed by atoms with Gasteiger partial charge in [0.25, 0.3) is 0 Å². The third-order valence-electron chi connectivity index (χ3n) is 2.49. The number of rotatable bonds is 11. The van der Waals surface area contributed by atoms with E-state index in [4.69, 9.17) is 9.47 Å². The van der Waals surface area contributed by atoms with Gasteiger partial charge >= 0.3 is 0 Å². The minimum atomic E-state index is 0.673. The average molecular weight is 259 g/mol. The highest BCUT2D eigenvalue weighted by atomic mass is 16.5. The maximum Gasteiger partial charge on any atom is 0.190 e. The monoisotopic (exact) mass is 259 g/mol. The van der Waals surface area contributed by atoms with Crippen LogP contribution in [0.2, 0.25) is 0 Å². The summed E-state index contributed by atoms with van der Waals surface area (Å²) >= 11 is 0. The van der Waals surface area contributed by atoms with Gasteiger partial charge < -0.3 is 20.1 Å². The first-order valence-corrected chi connectivity index (χ1v) is 6.86. The van der Waals surface area contributed by atoms with Crippen LogP contribution in [0, 0.1) is 0 Å². The summed E-state index contributed by atoms with van der Waals surface area (Å²) < 4.78 is 10.3. The molecule has 0 atom stereocenters. The zero-order valence-corrected chi connectivity index (χ0v) is 12.1. The second-order valence-electron chi connectivity index (χ2n) is 4.09. The van der Waals surface area contributed by atoms with Crippen LogP contribution in [-0.4, -0.2) is 53.0 Å². The van der Waals surface area contributed by atoms with Crippen LogP contribution in [0.1, 0.15) is 32.6 Å². The molecule has 0 aromatic rings. The number of methoxy groups -OCH3 is 1. The second kappa shape index (κ2) is 14.3. The summed E-state index contributed by atoms with van der Waals surface area (Å²) in [4.78, 5) is 4.16. The van der Waals surface area contributed by atoms with Gasteiger partial charge in [0.1, 0.15) is 0 Å². The maximum absolute atomic E-state index is 5.39. The summed E-state index contributed by atoms with van der Waals surface area (Å²) in [5, 5.41) is 6.57. The summed E-state index contributed by atoms with van der Waals surface area (Å²) in [6.07, 6.45) is 4.51. The van der Waals surface area contributed by atoms with Crippen LogP contribution in [0.25, 0.3) is 0 Å². The van der Waals surface area contributed by atoms with E-state index in [1.165, 1.54) is 12.8 Å². The standard InChI is InChI=1S/C13H29N3O2/c1-4-5-8-15-13(14-2)16-9-6-7-10-18-12-11-17-3/h4-12H2,1-3H3,(H2,14,15,16). The third kappa shape index (κ3) is 11.7. The highest BCUT2D eigenvalue weighted by molar-refractivity contribution is 5.79. The Balaban J connectivity index is 3.29. The molecule has 0 aromatic carbocycles. The number of guanidine groups is 1. The minimum Gasteiger partial charge on any atom is -0.382 e. The molecule has 0 saturated heterocycles. The maximum atomic E-state index is 5.39. The van der Waals surface area contributed by atoms with Crippen molar-refractivity contribution in [1.82, 2.24) is 10.6 Å². The van der Waals surface area contributed by atoms with Gasteiger partial charge in [0.05, 0.1) is 13.2 Å². The van der Waals surface area contributed by atoms with Crippen LogP contribution >= 0.6 is 0 Å². The summed E-state index contributed by atoms with van der Waals surface area (Å²) in [6, 6.07) is 0. The van der Waals surface area contributed by atoms with E-state index >= 15 is 0 Å². The van der Waals surface area contributed by atoms with E-state index < -0.39 is 0 Å². The molecule has 0 aromatic heterocycles. The molecule has 18 heavy (non-hydrogen) atoms. The molecule has 0 spiro atoms. The van der Waals surface area contributed by atoms with Crippen molar-refractivity contribution in [2.75, 3.05) is 47.1 Å². The predicted molar refractivity (Wildman–Crippen MR) is 76.2 cm³/mol. The van der Waals surface area contributed by atoms with Crippen molar-refractivity contribution < 1.29 is 9.47 Å². The van der Waals surface area contributed by atoms with E-state index in [1.807, 2.05) is 0 Å². The minimum absolute atomic E-state index is 0.673. The molecule has 0 aliphatic rings. The molecule has 0 saturated carbocycles. The van der Waals surface area contributed by atoms with Crippen LogP contribution in [0.5, 0.6) is 0 Å². The number of ether oxygens (including phenoxy) is 2. The fraction of sp³-hybridized carbons (Fsp3) is 0.923. The largest absolute Gasteiger partial charge is 0.382 e. The Morgan fingerprint density at radius 1 is 1.00 bits per heavy atom. The molecule has 0 aliphatic heterocycles. The van der Waals surface area contributed by atoms with Gasteiger partial charge in [-0.15, -0.1) is 0 Å². The van der Waals surface area contributed by atoms with Crippen LogP contribution < -0.4 is 10.6 Å². The van der Waals surface area contributed by atoms with Crippen molar-refractivity contribution in [2.45, 2.75) is 32.6 Å². The summed E-state index contributed by atoms with van der Waals surface area (Å²) in [5.74, 6) is 0.892. The molecule has 0 rings (SSSR count). The second-order valence-corrected chi connectivity index (χ2v) is 4.09. The van der Waals surface area contributed by atoms with E-state index in [0.29, 0.717) is 13.2 Å². The number of nitrogens with zero attached hydrogens (tertiary/aromatic N) is 1. The molecule has 0 fully saturated rings. The summed E-state index contributed by atoms with van der Waals surface area (Å²) in [6.45, 7) is 6.25. The fourth-order valence-electron chi connectivity index (χ4n) is 1.38. The number of hydrogen-bond acceptors (Lipinski definition) is 3. The normalized spacial score (nSPS) is 11.6. The quantitative estimate of drug-likeness (QED) is 0.334. The Bertz CT molecular complexity index is 199. The average Bonchev–Trinajstić information content (AvgIpc) is 2.40. The topological polar surface area (TPSA) is 54.9 Å². The first-order valence-electron chi connectivity index (χ1n) is 6.86. The molecule has 0 radical (unpaired) electrons. The highest BCUT2D eigenvalue weighted by Gasteiger charge is 1.95. The molecule has 2 N–H and O–H groups in total. The smallest absolute Gasteiger partial charge is 0.190 e. The highest BCUT2D eigenvalue weighted by Crippen LogP contribution is 1.89. The van der Waals surface area contributed by atoms with Crippen LogP contribution in [-0.2, 0) is 9.47 Å². The molecular formula is C13H29N3O2. The van der Waals surface area contributed by atoms with Gasteiger partial charge in [-0.25, -0.2) is 0 Å². The van der Waals surface area contributed by atoms with Gasteiger partial charge in [-0.3, -0.25) is 4.99 Å². The zero-order chi connectivity index (χ0) is 13.5. The fourth-order valence-corrected chi connectivity index (χ4v) is 1.38. The van der Waals surface area contributed by atoms with Gasteiger partial charge in [0, 0.05) is 33.9 Å². The molecular weight excluding hydrogens is 230 g/mol. The van der Waals surface area contributed by atoms with Crippen molar-refractivity contribution in [1.29, 1.82) is 0 Å². The molecule has 0 aliphatic carbocycles. The third-order valence-corrected chi connectivity index (χ3v) is 2.49. The number of aliphatic imine (C=N–C) groups is 1. The van der Waals surface area contributed by atoms with E-state index in [-0.39, 0.29) is 0 Å². The van der Waals surface area contributed by atoms with E-state index in [0.717, 1.165) is 38.5 Å². The van der Waals surface area contributed by atoms with Crippen molar-refractivity contribution in [3.63, 3.8) is 0 Å². The van der Waals surface area contributed by atoms with Gasteiger partial charge in [0.15, 0.2) is 5.96 Å². The first-order chi connectivity index (χ1) is 8.85. The number of hydrogen-bond donors (Lipinski definition) is 2. The van der Waals surface area contributed by atoms with Gasteiger partial charge in [-0.05, 0) is 19.3 Å². The van der Waals surface area contributed by atoms with Crippen molar-refractivity contribution in [3.8, 4) is 0 Å². The molecule has 5 nitrogen and oxygen atoms in total. The van der Waals surface area contributed by atoms with Crippen molar-refractivity contribution in [3.05, 3.63) is 0 Å². The number of unbranched alkanes of at least 4 members (excludes halogenated alkanes) is 2. The van der Waals surface area contributed by atoms with Crippen molar-refractivity contribution >= 4 is 5.96 Å². The Morgan fingerprint density at radius 3 is 2.33 bits per heavy atom. The molecule has 0 heterocycles. The van der Waals surface area contributed by atoms with Crippen LogP contribution in [0.3, 0.4) is 0 Å². The predicted octanol–water partition coefficient (Wildman–Crippen LogP) is 1.39. The molecule has 0 amide bonds. The lowest BCUT2D eigenvalue weighted by Crippen LogP contribution is -2.38.